The maximum Gasteiger partial charge on any atom is 0.251 e. The van der Waals surface area contributed by atoms with Crippen molar-refractivity contribution >= 4 is 35.8 Å². The average molecular weight is 444 g/mol. The minimum absolute atomic E-state index is 0. The number of benzene rings is 1. The second-order valence-electron chi connectivity index (χ2n) is 5.30. The zero-order valence-corrected chi connectivity index (χ0v) is 17.2. The molecular weight excluding hydrogens is 415 g/mol. The van der Waals surface area contributed by atoms with Gasteiger partial charge in [0.15, 0.2) is 5.96 Å². The smallest absolute Gasteiger partial charge is 0.251 e. The lowest BCUT2D eigenvalue weighted by atomic mass is 10.1. The fourth-order valence-corrected chi connectivity index (χ4v) is 2.12. The maximum atomic E-state index is 11.5. The van der Waals surface area contributed by atoms with E-state index < -0.39 is 0 Å². The number of hydrogen-bond acceptors (Lipinski definition) is 2. The highest BCUT2D eigenvalue weighted by Gasteiger charge is 2.05. The summed E-state index contributed by atoms with van der Waals surface area (Å²) < 4.78 is 0. The fourth-order valence-electron chi connectivity index (χ4n) is 2.12. The second kappa shape index (κ2) is 12.8. The molecule has 0 aliphatic heterocycles. The standard InChI is InChI=1S/C18H28N4O.HI/c1-5-7-8-13-22(4)18(20-6-2)21-14-15-9-11-16(12-10-15)17(23)19-3;/h5,9-12H,1,6-8,13-14H2,2-4H3,(H,19,23)(H,20,21);1H. The number of rotatable bonds is 8. The predicted molar refractivity (Wildman–Crippen MR) is 112 cm³/mol. The molecule has 0 bridgehead atoms. The van der Waals surface area contributed by atoms with Crippen LogP contribution in [-0.4, -0.2) is 44.0 Å². The van der Waals surface area contributed by atoms with E-state index in [-0.39, 0.29) is 29.9 Å². The van der Waals surface area contributed by atoms with Crippen LogP contribution in [0.2, 0.25) is 0 Å². The summed E-state index contributed by atoms with van der Waals surface area (Å²) in [5, 5.41) is 5.92. The first kappa shape index (κ1) is 22.4. The highest BCUT2D eigenvalue weighted by Crippen LogP contribution is 2.06. The number of hydrogen-bond donors (Lipinski definition) is 2. The highest BCUT2D eigenvalue weighted by atomic mass is 127. The lowest BCUT2D eigenvalue weighted by molar-refractivity contribution is 0.0963. The van der Waals surface area contributed by atoms with E-state index >= 15 is 0 Å². The van der Waals surface area contributed by atoms with Gasteiger partial charge in [-0.2, -0.15) is 0 Å². The number of aliphatic imine (C=N–C) groups is 1. The monoisotopic (exact) mass is 444 g/mol. The normalized spacial score (nSPS) is 10.5. The first-order valence-electron chi connectivity index (χ1n) is 8.03. The van der Waals surface area contributed by atoms with Crippen molar-refractivity contribution in [2.24, 2.45) is 4.99 Å². The summed E-state index contributed by atoms with van der Waals surface area (Å²) in [5.41, 5.74) is 1.74. The number of carbonyl (C=O) groups excluding carboxylic acids is 1. The first-order chi connectivity index (χ1) is 11.1. The lowest BCUT2D eigenvalue weighted by Gasteiger charge is -2.21. The van der Waals surface area contributed by atoms with Gasteiger partial charge in [-0.3, -0.25) is 4.79 Å². The van der Waals surface area contributed by atoms with Crippen molar-refractivity contribution in [2.75, 3.05) is 27.2 Å². The molecule has 0 saturated carbocycles. The molecule has 5 nitrogen and oxygen atoms in total. The molecule has 1 amide bonds. The fraction of sp³-hybridized carbons (Fsp3) is 0.444. The van der Waals surface area contributed by atoms with Crippen LogP contribution >= 0.6 is 24.0 Å². The van der Waals surface area contributed by atoms with Crippen molar-refractivity contribution in [3.05, 3.63) is 48.0 Å². The van der Waals surface area contributed by atoms with E-state index in [9.17, 15) is 4.79 Å². The molecule has 0 aromatic heterocycles. The van der Waals surface area contributed by atoms with Crippen LogP contribution < -0.4 is 10.6 Å². The van der Waals surface area contributed by atoms with E-state index in [1.54, 1.807) is 7.05 Å². The minimum Gasteiger partial charge on any atom is -0.357 e. The Morgan fingerprint density at radius 3 is 2.54 bits per heavy atom. The van der Waals surface area contributed by atoms with Gasteiger partial charge in [0.05, 0.1) is 6.54 Å². The van der Waals surface area contributed by atoms with Gasteiger partial charge in [0.2, 0.25) is 0 Å². The van der Waals surface area contributed by atoms with Gasteiger partial charge in [0.25, 0.3) is 5.91 Å². The lowest BCUT2D eigenvalue weighted by Crippen LogP contribution is -2.39. The SMILES string of the molecule is C=CCCCN(C)C(=NCc1ccc(C(=O)NC)cc1)NCC.I. The number of guanidine groups is 1. The molecule has 0 unspecified atom stereocenters. The van der Waals surface area contributed by atoms with Crippen LogP contribution in [0.4, 0.5) is 0 Å². The molecule has 134 valence electrons. The molecule has 0 fully saturated rings. The van der Waals surface area contributed by atoms with Gasteiger partial charge in [0.1, 0.15) is 0 Å². The molecule has 0 aliphatic carbocycles. The van der Waals surface area contributed by atoms with Crippen molar-refractivity contribution in [1.29, 1.82) is 0 Å². The molecular formula is C18H29IN4O. The van der Waals surface area contributed by atoms with Crippen LogP contribution in [0.15, 0.2) is 41.9 Å². The maximum absolute atomic E-state index is 11.5. The third kappa shape index (κ3) is 7.81. The van der Waals surface area contributed by atoms with Crippen LogP contribution in [0.3, 0.4) is 0 Å². The first-order valence-corrected chi connectivity index (χ1v) is 8.03. The molecule has 1 aromatic rings. The van der Waals surface area contributed by atoms with Gasteiger partial charge < -0.3 is 15.5 Å². The minimum atomic E-state index is -0.0738. The van der Waals surface area contributed by atoms with Gasteiger partial charge >= 0.3 is 0 Å². The zero-order valence-electron chi connectivity index (χ0n) is 14.8. The molecule has 0 aliphatic rings. The Morgan fingerprint density at radius 2 is 2.00 bits per heavy atom. The number of amides is 1. The van der Waals surface area contributed by atoms with Gasteiger partial charge in [0, 0.05) is 32.7 Å². The summed E-state index contributed by atoms with van der Waals surface area (Å²) in [6.07, 6.45) is 4.00. The summed E-state index contributed by atoms with van der Waals surface area (Å²) in [6.45, 7) is 8.17. The third-order valence-corrected chi connectivity index (χ3v) is 3.45. The van der Waals surface area contributed by atoms with Crippen LogP contribution in [0.25, 0.3) is 0 Å². The summed E-state index contributed by atoms with van der Waals surface area (Å²) in [6, 6.07) is 7.53. The molecule has 6 heteroatoms. The number of nitrogens with zero attached hydrogens (tertiary/aromatic N) is 2. The topological polar surface area (TPSA) is 56.7 Å². The molecule has 0 radical (unpaired) electrons. The van der Waals surface area contributed by atoms with Crippen LogP contribution in [0.5, 0.6) is 0 Å². The van der Waals surface area contributed by atoms with Crippen LogP contribution in [-0.2, 0) is 6.54 Å². The zero-order chi connectivity index (χ0) is 17.1. The number of allylic oxidation sites excluding steroid dienone is 1. The Morgan fingerprint density at radius 1 is 1.33 bits per heavy atom. The Bertz CT molecular complexity index is 528. The Labute approximate surface area is 162 Å². The Kier molecular flexibility index (Phi) is 12.0. The van der Waals surface area contributed by atoms with E-state index in [1.807, 2.05) is 37.4 Å². The molecule has 1 rings (SSSR count). The van der Waals surface area contributed by atoms with Gasteiger partial charge in [-0.1, -0.05) is 18.2 Å². The number of halogens is 1. The summed E-state index contributed by atoms with van der Waals surface area (Å²) >= 11 is 0. The van der Waals surface area contributed by atoms with E-state index in [0.29, 0.717) is 12.1 Å². The molecule has 1 aromatic carbocycles. The predicted octanol–water partition coefficient (Wildman–Crippen LogP) is 3.03. The molecule has 0 heterocycles. The van der Waals surface area contributed by atoms with E-state index in [4.69, 9.17) is 0 Å². The van der Waals surface area contributed by atoms with E-state index in [2.05, 4.69) is 34.0 Å². The van der Waals surface area contributed by atoms with E-state index in [0.717, 1.165) is 37.5 Å². The van der Waals surface area contributed by atoms with E-state index in [1.165, 1.54) is 0 Å². The molecule has 0 atom stereocenters. The highest BCUT2D eigenvalue weighted by molar-refractivity contribution is 14.0. The van der Waals surface area contributed by atoms with Crippen molar-refractivity contribution in [3.63, 3.8) is 0 Å². The molecule has 24 heavy (non-hydrogen) atoms. The van der Waals surface area contributed by atoms with Crippen molar-refractivity contribution in [1.82, 2.24) is 15.5 Å². The Hall–Kier alpha value is -1.57. The number of unbranched alkanes of at least 4 members (excludes halogenated alkanes) is 1. The van der Waals surface area contributed by atoms with Crippen molar-refractivity contribution in [2.45, 2.75) is 26.3 Å². The van der Waals surface area contributed by atoms with Gasteiger partial charge in [-0.15, -0.1) is 30.6 Å². The van der Waals surface area contributed by atoms with Gasteiger partial charge in [-0.05, 0) is 37.5 Å². The largest absolute Gasteiger partial charge is 0.357 e. The number of carbonyl (C=O) groups is 1. The molecule has 0 saturated heterocycles. The summed E-state index contributed by atoms with van der Waals surface area (Å²) in [5.74, 6) is 0.822. The van der Waals surface area contributed by atoms with Crippen LogP contribution in [0.1, 0.15) is 35.7 Å². The van der Waals surface area contributed by atoms with Crippen LogP contribution in [0, 0.1) is 0 Å². The van der Waals surface area contributed by atoms with Gasteiger partial charge in [-0.25, -0.2) is 4.99 Å². The Balaban J connectivity index is 0.00000529. The second-order valence-corrected chi connectivity index (χ2v) is 5.30. The quantitative estimate of drug-likeness (QED) is 0.213. The average Bonchev–Trinajstić information content (AvgIpc) is 2.58. The summed E-state index contributed by atoms with van der Waals surface area (Å²) in [7, 11) is 3.67. The van der Waals surface area contributed by atoms with Crippen molar-refractivity contribution in [3.8, 4) is 0 Å². The molecule has 0 spiro atoms. The number of nitrogens with one attached hydrogen (secondary N) is 2. The molecule has 2 N–H and O–H groups in total. The van der Waals surface area contributed by atoms with Crippen molar-refractivity contribution < 1.29 is 4.79 Å². The summed E-state index contributed by atoms with van der Waals surface area (Å²) in [4.78, 5) is 18.3. The third-order valence-electron chi connectivity index (χ3n) is 3.45.